The number of nitrogens with two attached hydrogens (primary N) is 1. The molecule has 0 bridgehead atoms. The summed E-state index contributed by atoms with van der Waals surface area (Å²) in [7, 11) is 0. The van der Waals surface area contributed by atoms with Gasteiger partial charge >= 0.3 is 0 Å². The number of hydrogen-bond donors (Lipinski definition) is 2. The lowest BCUT2D eigenvalue weighted by atomic mass is 10.2. The number of hydrogen-bond acceptors (Lipinski definition) is 4. The first-order valence-corrected chi connectivity index (χ1v) is 7.37. The van der Waals surface area contributed by atoms with E-state index in [1.165, 1.54) is 17.3 Å². The van der Waals surface area contributed by atoms with Gasteiger partial charge in [0, 0.05) is 10.6 Å². The van der Waals surface area contributed by atoms with Crippen molar-refractivity contribution in [2.24, 2.45) is 15.7 Å². The summed E-state index contributed by atoms with van der Waals surface area (Å²) in [6.07, 6.45) is 1.68. The summed E-state index contributed by atoms with van der Waals surface area (Å²) in [4.78, 5) is 9.50. The van der Waals surface area contributed by atoms with E-state index in [0.717, 1.165) is 10.6 Å². The highest BCUT2D eigenvalue weighted by atomic mass is 32.2. The number of aliphatic imine (C=N–C) groups is 2. The topological polar surface area (TPSA) is 62.8 Å². The minimum Gasteiger partial charge on any atom is -0.382 e. The number of benzene rings is 1. The van der Waals surface area contributed by atoms with Crippen LogP contribution in [-0.4, -0.2) is 22.4 Å². The first kappa shape index (κ1) is 14.7. The van der Waals surface area contributed by atoms with Crippen LogP contribution in [0.2, 0.25) is 0 Å². The summed E-state index contributed by atoms with van der Waals surface area (Å²) in [6, 6.07) is 8.12. The van der Waals surface area contributed by atoms with Crippen LogP contribution in [0.3, 0.4) is 0 Å². The third kappa shape index (κ3) is 4.18. The standard InChI is InChI=1S/C14H16N4S2/c1-9-3-5-11(6-4-9)20-14(19)18-13(15)12-8-16-10(2)7-17-12/h3-6,8,17H,7H2,1-2H3,(H2,15,18,19). The maximum absolute atomic E-state index is 5.92. The van der Waals surface area contributed by atoms with Crippen molar-refractivity contribution in [1.82, 2.24) is 5.32 Å². The minimum absolute atomic E-state index is 0.367. The van der Waals surface area contributed by atoms with Crippen LogP contribution in [0, 0.1) is 6.92 Å². The highest BCUT2D eigenvalue weighted by Gasteiger charge is 2.08. The van der Waals surface area contributed by atoms with Crippen LogP contribution in [0.5, 0.6) is 0 Å². The van der Waals surface area contributed by atoms with Gasteiger partial charge in [-0.1, -0.05) is 41.7 Å². The summed E-state index contributed by atoms with van der Waals surface area (Å²) in [5.41, 5.74) is 8.86. The number of aryl methyl sites for hydroxylation is 1. The van der Waals surface area contributed by atoms with Gasteiger partial charge in [0.1, 0.15) is 0 Å². The van der Waals surface area contributed by atoms with Gasteiger partial charge in [-0.15, -0.1) is 0 Å². The zero-order valence-electron chi connectivity index (χ0n) is 11.4. The molecule has 6 heteroatoms. The van der Waals surface area contributed by atoms with Gasteiger partial charge in [0.15, 0.2) is 10.2 Å². The number of rotatable bonds is 2. The molecule has 4 nitrogen and oxygen atoms in total. The van der Waals surface area contributed by atoms with E-state index in [2.05, 4.69) is 15.3 Å². The lowest BCUT2D eigenvalue weighted by molar-refractivity contribution is 0.942. The van der Waals surface area contributed by atoms with Gasteiger partial charge in [0.2, 0.25) is 0 Å². The van der Waals surface area contributed by atoms with E-state index in [1.807, 2.05) is 38.1 Å². The summed E-state index contributed by atoms with van der Waals surface area (Å²) in [6.45, 7) is 4.68. The Kier molecular flexibility index (Phi) is 4.92. The van der Waals surface area contributed by atoms with Crippen LogP contribution in [0.25, 0.3) is 0 Å². The molecule has 0 atom stereocenters. The van der Waals surface area contributed by atoms with Gasteiger partial charge < -0.3 is 11.1 Å². The van der Waals surface area contributed by atoms with Crippen LogP contribution in [-0.2, 0) is 0 Å². The zero-order valence-corrected chi connectivity index (χ0v) is 13.0. The van der Waals surface area contributed by atoms with Gasteiger partial charge in [-0.25, -0.2) is 4.99 Å². The minimum atomic E-state index is 0.367. The van der Waals surface area contributed by atoms with Crippen molar-refractivity contribution >= 4 is 39.8 Å². The average molecular weight is 304 g/mol. The number of nitrogens with zero attached hydrogens (tertiary/aromatic N) is 2. The van der Waals surface area contributed by atoms with E-state index in [4.69, 9.17) is 18.0 Å². The largest absolute Gasteiger partial charge is 0.382 e. The Bertz CT molecular complexity index is 600. The van der Waals surface area contributed by atoms with Crippen molar-refractivity contribution in [3.05, 3.63) is 41.7 Å². The van der Waals surface area contributed by atoms with Gasteiger partial charge in [0.25, 0.3) is 0 Å². The molecule has 1 aromatic carbocycles. The molecule has 0 amide bonds. The summed E-state index contributed by atoms with van der Waals surface area (Å²) >= 11 is 6.66. The van der Waals surface area contributed by atoms with Gasteiger partial charge in [0.05, 0.1) is 18.4 Å². The highest BCUT2D eigenvalue weighted by molar-refractivity contribution is 8.23. The lowest BCUT2D eigenvalue weighted by Gasteiger charge is -2.13. The molecule has 0 fully saturated rings. The number of amidine groups is 1. The Morgan fingerprint density at radius 1 is 1.35 bits per heavy atom. The fourth-order valence-corrected chi connectivity index (χ4v) is 2.54. The van der Waals surface area contributed by atoms with Crippen molar-refractivity contribution in [2.45, 2.75) is 18.7 Å². The summed E-state index contributed by atoms with van der Waals surface area (Å²) < 4.78 is 0.486. The van der Waals surface area contributed by atoms with E-state index in [1.54, 1.807) is 6.20 Å². The van der Waals surface area contributed by atoms with Crippen LogP contribution >= 0.6 is 24.0 Å². The number of thioether (sulfide) groups is 1. The monoisotopic (exact) mass is 304 g/mol. The van der Waals surface area contributed by atoms with Crippen LogP contribution in [0.15, 0.2) is 51.0 Å². The predicted octanol–water partition coefficient (Wildman–Crippen LogP) is 2.63. The second-order valence-corrected chi connectivity index (χ2v) is 6.15. The van der Waals surface area contributed by atoms with E-state index >= 15 is 0 Å². The van der Waals surface area contributed by atoms with E-state index in [0.29, 0.717) is 22.4 Å². The molecule has 2 rings (SSSR count). The van der Waals surface area contributed by atoms with Crippen molar-refractivity contribution in [2.75, 3.05) is 6.54 Å². The van der Waals surface area contributed by atoms with Gasteiger partial charge in [-0.3, -0.25) is 4.99 Å². The third-order valence-corrected chi connectivity index (χ3v) is 3.78. The maximum Gasteiger partial charge on any atom is 0.166 e. The normalized spacial score (nSPS) is 15.2. The Balaban J connectivity index is 2.03. The molecule has 0 unspecified atom stereocenters. The molecule has 1 aliphatic heterocycles. The first-order chi connectivity index (χ1) is 9.54. The fourth-order valence-electron chi connectivity index (χ4n) is 1.53. The maximum atomic E-state index is 5.92. The lowest BCUT2D eigenvalue weighted by Crippen LogP contribution is -2.32. The number of thiocarbonyl (C=S) groups is 1. The molecule has 0 aliphatic carbocycles. The van der Waals surface area contributed by atoms with Crippen LogP contribution in [0.1, 0.15) is 12.5 Å². The van der Waals surface area contributed by atoms with E-state index < -0.39 is 0 Å². The quantitative estimate of drug-likeness (QED) is 0.381. The molecule has 0 aromatic heterocycles. The highest BCUT2D eigenvalue weighted by Crippen LogP contribution is 2.21. The Hall–Kier alpha value is -1.66. The Morgan fingerprint density at radius 3 is 2.65 bits per heavy atom. The summed E-state index contributed by atoms with van der Waals surface area (Å²) in [5, 5.41) is 3.15. The average Bonchev–Trinajstić information content (AvgIpc) is 2.42. The molecule has 0 saturated carbocycles. The molecule has 0 radical (unpaired) electrons. The smallest absolute Gasteiger partial charge is 0.166 e. The fraction of sp³-hybridized carbons (Fsp3) is 0.214. The molecule has 1 aliphatic rings. The second-order valence-electron chi connectivity index (χ2n) is 4.44. The van der Waals surface area contributed by atoms with Crippen LogP contribution in [0.4, 0.5) is 0 Å². The number of nitrogens with one attached hydrogen (secondary N) is 1. The Labute approximate surface area is 128 Å². The molecule has 20 heavy (non-hydrogen) atoms. The molecular weight excluding hydrogens is 288 g/mol. The van der Waals surface area contributed by atoms with Crippen molar-refractivity contribution < 1.29 is 0 Å². The van der Waals surface area contributed by atoms with Crippen molar-refractivity contribution in [3.63, 3.8) is 0 Å². The van der Waals surface area contributed by atoms with Crippen molar-refractivity contribution in [1.29, 1.82) is 0 Å². The molecule has 0 saturated heterocycles. The third-order valence-electron chi connectivity index (χ3n) is 2.66. The van der Waals surface area contributed by atoms with Gasteiger partial charge in [-0.05, 0) is 26.0 Å². The Morgan fingerprint density at radius 2 is 2.05 bits per heavy atom. The SMILES string of the molecule is CC1=NC=C(/C(N)=N/C(=S)Sc2ccc(C)cc2)NC1. The first-order valence-electron chi connectivity index (χ1n) is 6.15. The molecule has 0 spiro atoms. The second kappa shape index (κ2) is 6.67. The summed E-state index contributed by atoms with van der Waals surface area (Å²) in [5.74, 6) is 0.367. The van der Waals surface area contributed by atoms with Crippen molar-refractivity contribution in [3.8, 4) is 0 Å². The van der Waals surface area contributed by atoms with E-state index in [-0.39, 0.29) is 0 Å². The van der Waals surface area contributed by atoms with E-state index in [9.17, 15) is 0 Å². The molecular formula is C14H16N4S2. The predicted molar refractivity (Wildman–Crippen MR) is 90.5 cm³/mol. The van der Waals surface area contributed by atoms with Gasteiger partial charge in [-0.2, -0.15) is 0 Å². The van der Waals surface area contributed by atoms with Crippen LogP contribution < -0.4 is 11.1 Å². The molecule has 104 valence electrons. The molecule has 3 N–H and O–H groups in total. The molecule has 1 heterocycles. The zero-order chi connectivity index (χ0) is 14.5. The molecule has 1 aromatic rings.